The van der Waals surface area contributed by atoms with Crippen molar-refractivity contribution in [2.45, 2.75) is 33.0 Å². The predicted molar refractivity (Wildman–Crippen MR) is 159 cm³/mol. The van der Waals surface area contributed by atoms with E-state index in [0.29, 0.717) is 35.3 Å². The van der Waals surface area contributed by atoms with Gasteiger partial charge >= 0.3 is 0 Å². The number of hydrogen-bond acceptors (Lipinski definition) is 5. The van der Waals surface area contributed by atoms with Gasteiger partial charge in [0.05, 0.1) is 12.8 Å². The lowest BCUT2D eigenvalue weighted by atomic mass is 9.99. The summed E-state index contributed by atoms with van der Waals surface area (Å²) in [6, 6.07) is 29.4. The first kappa shape index (κ1) is 27.4. The van der Waals surface area contributed by atoms with Crippen LogP contribution in [0.2, 0.25) is 5.02 Å². The Labute approximate surface area is 240 Å². The zero-order chi connectivity index (χ0) is 27.7. The molecule has 6 nitrogen and oxygen atoms in total. The van der Waals surface area contributed by atoms with Gasteiger partial charge in [0.15, 0.2) is 11.5 Å². The van der Waals surface area contributed by atoms with Crippen LogP contribution in [0.25, 0.3) is 0 Å². The first-order valence-corrected chi connectivity index (χ1v) is 13.8. The van der Waals surface area contributed by atoms with Gasteiger partial charge in [-0.1, -0.05) is 60.1 Å². The second kappa shape index (κ2) is 13.3. The SMILES string of the molecule is CCOc1cc(/C=N\NC(=O)c2ccc(CN3CCc4ccccc4C3)cc2)ccc1OCc1ccc(Cl)cc1. The Morgan fingerprint density at radius 3 is 2.45 bits per heavy atom. The van der Waals surface area contributed by atoms with Gasteiger partial charge in [-0.15, -0.1) is 0 Å². The van der Waals surface area contributed by atoms with Gasteiger partial charge in [-0.2, -0.15) is 5.10 Å². The highest BCUT2D eigenvalue weighted by Gasteiger charge is 2.16. The topological polar surface area (TPSA) is 63.2 Å². The summed E-state index contributed by atoms with van der Waals surface area (Å²) in [6.07, 6.45) is 2.66. The monoisotopic (exact) mass is 553 g/mol. The molecule has 1 heterocycles. The van der Waals surface area contributed by atoms with Crippen molar-refractivity contribution in [3.63, 3.8) is 0 Å². The fourth-order valence-electron chi connectivity index (χ4n) is 4.67. The Morgan fingerprint density at radius 2 is 1.68 bits per heavy atom. The Hall–Kier alpha value is -4.13. The number of hydrogen-bond donors (Lipinski definition) is 1. The lowest BCUT2D eigenvalue weighted by Crippen LogP contribution is -2.30. The normalized spacial score (nSPS) is 13.2. The first-order valence-electron chi connectivity index (χ1n) is 13.4. The second-order valence-electron chi connectivity index (χ2n) is 9.68. The molecule has 4 aromatic rings. The van der Waals surface area contributed by atoms with Crippen molar-refractivity contribution in [3.05, 3.63) is 129 Å². The minimum absolute atomic E-state index is 0.261. The van der Waals surface area contributed by atoms with Crippen molar-refractivity contribution >= 4 is 23.7 Å². The van der Waals surface area contributed by atoms with E-state index in [1.807, 2.05) is 73.7 Å². The van der Waals surface area contributed by atoms with Gasteiger partial charge < -0.3 is 9.47 Å². The Bertz CT molecular complexity index is 1470. The molecule has 0 aromatic heterocycles. The van der Waals surface area contributed by atoms with Gasteiger partial charge in [0.2, 0.25) is 0 Å². The summed E-state index contributed by atoms with van der Waals surface area (Å²) in [6.45, 7) is 5.65. The highest BCUT2D eigenvalue weighted by molar-refractivity contribution is 6.30. The predicted octanol–water partition coefficient (Wildman–Crippen LogP) is 6.64. The van der Waals surface area contributed by atoms with Crippen LogP contribution in [0.15, 0.2) is 96.1 Å². The molecule has 4 aromatic carbocycles. The van der Waals surface area contributed by atoms with E-state index in [9.17, 15) is 4.79 Å². The minimum Gasteiger partial charge on any atom is -0.490 e. The standard InChI is InChI=1S/C33H32ClN3O3/c1-2-39-32-19-26(11-16-31(32)40-23-25-9-14-30(34)15-10-25)20-35-36-33(38)28-12-7-24(8-13-28)21-37-18-17-27-5-3-4-6-29(27)22-37/h3-16,19-20H,2,17-18,21-23H2,1H3,(H,36,38)/b35-20-. The third kappa shape index (κ3) is 7.29. The third-order valence-electron chi connectivity index (χ3n) is 6.79. The molecule has 0 radical (unpaired) electrons. The fourth-order valence-corrected chi connectivity index (χ4v) is 4.80. The van der Waals surface area contributed by atoms with Crippen LogP contribution in [-0.2, 0) is 26.1 Å². The Balaban J connectivity index is 1.14. The number of hydrazone groups is 1. The molecule has 0 saturated heterocycles. The van der Waals surface area contributed by atoms with Crippen LogP contribution in [0.1, 0.15) is 45.1 Å². The highest BCUT2D eigenvalue weighted by Crippen LogP contribution is 2.29. The van der Waals surface area contributed by atoms with E-state index in [1.165, 1.54) is 16.7 Å². The van der Waals surface area contributed by atoms with E-state index >= 15 is 0 Å². The number of carbonyl (C=O) groups excluding carboxylic acids is 1. The Kier molecular flexibility index (Phi) is 9.11. The summed E-state index contributed by atoms with van der Waals surface area (Å²) < 4.78 is 11.7. The van der Waals surface area contributed by atoms with Gasteiger partial charge in [0.25, 0.3) is 5.91 Å². The van der Waals surface area contributed by atoms with Crippen molar-refractivity contribution in [3.8, 4) is 11.5 Å². The zero-order valence-electron chi connectivity index (χ0n) is 22.5. The summed E-state index contributed by atoms with van der Waals surface area (Å²) in [5.41, 5.74) is 8.98. The van der Waals surface area contributed by atoms with Crippen molar-refractivity contribution in [2.24, 2.45) is 5.10 Å². The number of benzene rings is 4. The molecule has 1 amide bonds. The molecule has 0 spiro atoms. The fraction of sp³-hybridized carbons (Fsp3) is 0.212. The smallest absolute Gasteiger partial charge is 0.271 e. The first-order chi connectivity index (χ1) is 19.6. The summed E-state index contributed by atoms with van der Waals surface area (Å²) >= 11 is 5.96. The van der Waals surface area contributed by atoms with Gasteiger partial charge in [-0.3, -0.25) is 9.69 Å². The molecule has 5 rings (SSSR count). The average Bonchev–Trinajstić information content (AvgIpc) is 2.98. The number of nitrogens with zero attached hydrogens (tertiary/aromatic N) is 2. The maximum absolute atomic E-state index is 12.6. The number of ether oxygens (including phenoxy) is 2. The van der Waals surface area contributed by atoms with Crippen LogP contribution in [0, 0.1) is 0 Å². The van der Waals surface area contributed by atoms with Gasteiger partial charge in [-0.05, 0) is 83.6 Å². The number of amides is 1. The maximum Gasteiger partial charge on any atom is 0.271 e. The molecule has 40 heavy (non-hydrogen) atoms. The summed E-state index contributed by atoms with van der Waals surface area (Å²) in [7, 11) is 0. The largest absolute Gasteiger partial charge is 0.490 e. The molecule has 0 bridgehead atoms. The Morgan fingerprint density at radius 1 is 0.925 bits per heavy atom. The lowest BCUT2D eigenvalue weighted by Gasteiger charge is -2.28. The van der Waals surface area contributed by atoms with Crippen LogP contribution in [0.3, 0.4) is 0 Å². The van der Waals surface area contributed by atoms with E-state index < -0.39 is 0 Å². The number of fused-ring (bicyclic) bond motifs is 1. The molecule has 0 atom stereocenters. The van der Waals surface area contributed by atoms with E-state index in [-0.39, 0.29) is 5.91 Å². The van der Waals surface area contributed by atoms with Crippen LogP contribution >= 0.6 is 11.6 Å². The molecular formula is C33H32ClN3O3. The lowest BCUT2D eigenvalue weighted by molar-refractivity contribution is 0.0955. The molecule has 0 unspecified atom stereocenters. The average molecular weight is 554 g/mol. The van der Waals surface area contributed by atoms with E-state index in [2.05, 4.69) is 39.7 Å². The highest BCUT2D eigenvalue weighted by atomic mass is 35.5. The van der Waals surface area contributed by atoms with Crippen LogP contribution < -0.4 is 14.9 Å². The van der Waals surface area contributed by atoms with Gasteiger partial charge in [0, 0.05) is 30.2 Å². The van der Waals surface area contributed by atoms with Crippen molar-refractivity contribution < 1.29 is 14.3 Å². The molecule has 1 aliphatic rings. The number of halogens is 1. The summed E-state index contributed by atoms with van der Waals surface area (Å²) in [5, 5.41) is 4.83. The van der Waals surface area contributed by atoms with Crippen molar-refractivity contribution in [1.82, 2.24) is 10.3 Å². The van der Waals surface area contributed by atoms with E-state index in [1.54, 1.807) is 6.21 Å². The number of nitrogens with one attached hydrogen (secondary N) is 1. The molecule has 1 N–H and O–H groups in total. The molecule has 1 aliphatic heterocycles. The maximum atomic E-state index is 12.6. The van der Waals surface area contributed by atoms with Gasteiger partial charge in [0.1, 0.15) is 6.61 Å². The zero-order valence-corrected chi connectivity index (χ0v) is 23.2. The van der Waals surface area contributed by atoms with Crippen molar-refractivity contribution in [1.29, 1.82) is 0 Å². The molecule has 7 heteroatoms. The quantitative estimate of drug-likeness (QED) is 0.177. The molecule has 204 valence electrons. The molecular weight excluding hydrogens is 522 g/mol. The van der Waals surface area contributed by atoms with Crippen LogP contribution in [0.4, 0.5) is 0 Å². The molecule has 0 fully saturated rings. The summed E-state index contributed by atoms with van der Waals surface area (Å²) in [4.78, 5) is 15.1. The minimum atomic E-state index is -0.261. The van der Waals surface area contributed by atoms with Crippen LogP contribution in [-0.4, -0.2) is 30.2 Å². The summed E-state index contributed by atoms with van der Waals surface area (Å²) in [5.74, 6) is 0.981. The van der Waals surface area contributed by atoms with E-state index in [4.69, 9.17) is 21.1 Å². The molecule has 0 aliphatic carbocycles. The number of carbonyl (C=O) groups is 1. The van der Waals surface area contributed by atoms with Gasteiger partial charge in [-0.25, -0.2) is 5.43 Å². The van der Waals surface area contributed by atoms with Crippen LogP contribution in [0.5, 0.6) is 11.5 Å². The van der Waals surface area contributed by atoms with Crippen molar-refractivity contribution in [2.75, 3.05) is 13.2 Å². The number of rotatable bonds is 10. The third-order valence-corrected chi connectivity index (χ3v) is 7.04. The molecule has 0 saturated carbocycles. The second-order valence-corrected chi connectivity index (χ2v) is 10.1. The van der Waals surface area contributed by atoms with E-state index in [0.717, 1.165) is 37.2 Å².